The van der Waals surface area contributed by atoms with E-state index in [1.54, 1.807) is 12.3 Å². The van der Waals surface area contributed by atoms with Gasteiger partial charge in [-0.15, -0.1) is 0 Å². The van der Waals surface area contributed by atoms with Crippen LogP contribution >= 0.6 is 0 Å². The van der Waals surface area contributed by atoms with Crippen LogP contribution in [0.5, 0.6) is 5.88 Å². The van der Waals surface area contributed by atoms with Gasteiger partial charge in [-0.05, 0) is 19.4 Å². The third-order valence-electron chi connectivity index (χ3n) is 1.94. The summed E-state index contributed by atoms with van der Waals surface area (Å²) in [6.45, 7) is 8.76. The summed E-state index contributed by atoms with van der Waals surface area (Å²) in [7, 11) is 0. The molecule has 0 aliphatic rings. The molecule has 0 bridgehead atoms. The first kappa shape index (κ1) is 13.8. The summed E-state index contributed by atoms with van der Waals surface area (Å²) >= 11 is 0. The van der Waals surface area contributed by atoms with Crippen molar-refractivity contribution in [2.45, 2.75) is 40.5 Å². The number of anilines is 1. The van der Waals surface area contributed by atoms with Crippen LogP contribution in [0.2, 0.25) is 0 Å². The minimum atomic E-state index is 0.661. The van der Waals surface area contributed by atoms with E-state index >= 15 is 0 Å². The molecule has 0 atom stereocenters. The first-order valence-electron chi connectivity index (χ1n) is 5.59. The lowest BCUT2D eigenvalue weighted by molar-refractivity contribution is 0.296. The third kappa shape index (κ3) is 4.68. The van der Waals surface area contributed by atoms with Crippen LogP contribution in [0, 0.1) is 6.92 Å². The van der Waals surface area contributed by atoms with E-state index in [0.717, 1.165) is 24.1 Å². The molecule has 0 saturated heterocycles. The number of rotatable bonds is 4. The lowest BCUT2D eigenvalue weighted by Crippen LogP contribution is -2.02. The predicted molar refractivity (Wildman–Crippen MR) is 65.1 cm³/mol. The molecule has 0 amide bonds. The number of nitrogens with two attached hydrogens (primary N) is 1. The number of nitrogen functional groups attached to an aromatic ring is 1. The van der Waals surface area contributed by atoms with E-state index in [1.807, 2.05) is 20.8 Å². The van der Waals surface area contributed by atoms with Gasteiger partial charge >= 0.3 is 0 Å². The number of pyridine rings is 1. The highest BCUT2D eigenvalue weighted by Crippen LogP contribution is 2.19. The van der Waals surface area contributed by atoms with Crippen molar-refractivity contribution < 1.29 is 4.74 Å². The van der Waals surface area contributed by atoms with Crippen LogP contribution < -0.4 is 10.5 Å². The van der Waals surface area contributed by atoms with Crippen molar-refractivity contribution in [3.05, 3.63) is 17.8 Å². The second-order valence-electron chi connectivity index (χ2n) is 3.03. The van der Waals surface area contributed by atoms with Crippen LogP contribution in [0.4, 0.5) is 5.69 Å². The largest absolute Gasteiger partial charge is 0.477 e. The van der Waals surface area contributed by atoms with E-state index in [9.17, 15) is 0 Å². The number of nitrogens with zero attached hydrogens (tertiary/aromatic N) is 1. The molecule has 0 fully saturated rings. The van der Waals surface area contributed by atoms with Gasteiger partial charge in [-0.25, -0.2) is 4.98 Å². The molecular formula is C12H22N2O. The Morgan fingerprint density at radius 2 is 2.07 bits per heavy atom. The number of hydrogen-bond donors (Lipinski definition) is 1. The second-order valence-corrected chi connectivity index (χ2v) is 3.03. The zero-order valence-electron chi connectivity index (χ0n) is 10.2. The Labute approximate surface area is 92.7 Å². The maximum absolute atomic E-state index is 5.70. The summed E-state index contributed by atoms with van der Waals surface area (Å²) in [5.41, 5.74) is 7.37. The monoisotopic (exact) mass is 210 g/mol. The van der Waals surface area contributed by atoms with Gasteiger partial charge in [0.15, 0.2) is 0 Å². The summed E-state index contributed by atoms with van der Waals surface area (Å²) in [5.74, 6) is 0.661. The Bertz CT molecular complexity index is 274. The second kappa shape index (κ2) is 8.09. The normalized spacial score (nSPS) is 9.07. The quantitative estimate of drug-likeness (QED) is 0.776. The Balaban J connectivity index is 0.000000921. The van der Waals surface area contributed by atoms with Crippen molar-refractivity contribution >= 4 is 5.69 Å². The van der Waals surface area contributed by atoms with Crippen molar-refractivity contribution in [3.8, 4) is 5.88 Å². The average Bonchev–Trinajstić information content (AvgIpc) is 2.27. The van der Waals surface area contributed by atoms with Gasteiger partial charge in [-0.2, -0.15) is 0 Å². The van der Waals surface area contributed by atoms with Gasteiger partial charge in [-0.1, -0.05) is 27.2 Å². The van der Waals surface area contributed by atoms with Gasteiger partial charge in [0, 0.05) is 17.4 Å². The molecule has 1 aromatic rings. The maximum atomic E-state index is 5.70. The standard InChI is InChI=1S/C10H16N2O.C2H6/c1-3-4-7-13-10-8(2)9(11)5-6-12-10;1-2/h5-6H,3-4,7H2,1-2H3,(H2,11,12);1-2H3. The minimum absolute atomic E-state index is 0.661. The molecule has 2 N–H and O–H groups in total. The fourth-order valence-corrected chi connectivity index (χ4v) is 0.989. The van der Waals surface area contributed by atoms with Crippen LogP contribution in [0.15, 0.2) is 12.3 Å². The molecule has 0 aromatic carbocycles. The summed E-state index contributed by atoms with van der Waals surface area (Å²) in [5, 5.41) is 0. The molecule has 0 saturated carbocycles. The average molecular weight is 210 g/mol. The van der Waals surface area contributed by atoms with E-state index in [0.29, 0.717) is 12.5 Å². The Morgan fingerprint density at radius 3 is 2.67 bits per heavy atom. The van der Waals surface area contributed by atoms with E-state index in [2.05, 4.69) is 11.9 Å². The molecule has 1 heterocycles. The molecule has 1 rings (SSSR count). The van der Waals surface area contributed by atoms with E-state index in [1.165, 1.54) is 0 Å². The van der Waals surface area contributed by atoms with Crippen LogP contribution in [0.3, 0.4) is 0 Å². The van der Waals surface area contributed by atoms with Gasteiger partial charge in [0.1, 0.15) is 0 Å². The number of unbranched alkanes of at least 4 members (excludes halogenated alkanes) is 1. The van der Waals surface area contributed by atoms with Crippen LogP contribution in [-0.4, -0.2) is 11.6 Å². The SMILES string of the molecule is CC.CCCCOc1nccc(N)c1C. The van der Waals surface area contributed by atoms with Gasteiger partial charge < -0.3 is 10.5 Å². The highest BCUT2D eigenvalue weighted by Gasteiger charge is 2.02. The molecule has 0 aliphatic carbocycles. The van der Waals surface area contributed by atoms with Crippen molar-refractivity contribution in [1.29, 1.82) is 0 Å². The van der Waals surface area contributed by atoms with E-state index < -0.39 is 0 Å². The summed E-state index contributed by atoms with van der Waals surface area (Å²) in [6.07, 6.45) is 3.85. The Morgan fingerprint density at radius 1 is 1.40 bits per heavy atom. The first-order chi connectivity index (χ1) is 7.25. The Hall–Kier alpha value is -1.25. The molecule has 0 aliphatic heterocycles. The third-order valence-corrected chi connectivity index (χ3v) is 1.94. The molecule has 0 radical (unpaired) electrons. The molecule has 15 heavy (non-hydrogen) atoms. The zero-order chi connectivity index (χ0) is 11.7. The number of ether oxygens (including phenoxy) is 1. The smallest absolute Gasteiger partial charge is 0.218 e. The number of hydrogen-bond acceptors (Lipinski definition) is 3. The molecule has 1 aromatic heterocycles. The molecule has 0 unspecified atom stereocenters. The van der Waals surface area contributed by atoms with Gasteiger partial charge in [0.25, 0.3) is 0 Å². The summed E-state index contributed by atoms with van der Waals surface area (Å²) in [6, 6.07) is 1.78. The van der Waals surface area contributed by atoms with Crippen LogP contribution in [0.25, 0.3) is 0 Å². The van der Waals surface area contributed by atoms with Gasteiger partial charge in [0.2, 0.25) is 5.88 Å². The highest BCUT2D eigenvalue weighted by atomic mass is 16.5. The van der Waals surface area contributed by atoms with Crippen molar-refractivity contribution in [2.24, 2.45) is 0 Å². The molecule has 86 valence electrons. The summed E-state index contributed by atoms with van der Waals surface area (Å²) < 4.78 is 5.47. The van der Waals surface area contributed by atoms with Crippen molar-refractivity contribution in [2.75, 3.05) is 12.3 Å². The predicted octanol–water partition coefficient (Wildman–Crippen LogP) is 3.18. The van der Waals surface area contributed by atoms with Crippen molar-refractivity contribution in [1.82, 2.24) is 4.98 Å². The Kier molecular flexibility index (Phi) is 7.42. The molecule has 3 nitrogen and oxygen atoms in total. The lowest BCUT2D eigenvalue weighted by atomic mass is 10.2. The number of aromatic nitrogens is 1. The van der Waals surface area contributed by atoms with Crippen molar-refractivity contribution in [3.63, 3.8) is 0 Å². The van der Waals surface area contributed by atoms with Gasteiger partial charge in [0.05, 0.1) is 6.61 Å². The van der Waals surface area contributed by atoms with E-state index in [4.69, 9.17) is 10.5 Å². The zero-order valence-corrected chi connectivity index (χ0v) is 10.2. The van der Waals surface area contributed by atoms with Crippen LogP contribution in [-0.2, 0) is 0 Å². The highest BCUT2D eigenvalue weighted by molar-refractivity contribution is 5.49. The minimum Gasteiger partial charge on any atom is -0.477 e. The van der Waals surface area contributed by atoms with Crippen LogP contribution in [0.1, 0.15) is 39.2 Å². The van der Waals surface area contributed by atoms with E-state index in [-0.39, 0.29) is 0 Å². The fourth-order valence-electron chi connectivity index (χ4n) is 0.989. The molecular weight excluding hydrogens is 188 g/mol. The molecule has 3 heteroatoms. The lowest BCUT2D eigenvalue weighted by Gasteiger charge is -2.08. The summed E-state index contributed by atoms with van der Waals surface area (Å²) in [4.78, 5) is 4.11. The maximum Gasteiger partial charge on any atom is 0.218 e. The first-order valence-corrected chi connectivity index (χ1v) is 5.59. The fraction of sp³-hybridized carbons (Fsp3) is 0.583. The van der Waals surface area contributed by atoms with Gasteiger partial charge in [-0.3, -0.25) is 0 Å². The molecule has 0 spiro atoms. The topological polar surface area (TPSA) is 48.1 Å².